The molecule has 0 aliphatic carbocycles. The summed E-state index contributed by atoms with van der Waals surface area (Å²) < 4.78 is 0.449. The van der Waals surface area contributed by atoms with Crippen LogP contribution < -0.4 is 0 Å². The molecule has 33 heavy (non-hydrogen) atoms. The van der Waals surface area contributed by atoms with E-state index >= 15 is 0 Å². The molecular weight excluding hydrogens is 493 g/mol. The van der Waals surface area contributed by atoms with E-state index < -0.39 is 0 Å². The molecule has 4 rings (SSSR count). The fraction of sp³-hybridized carbons (Fsp3) is 0. The summed E-state index contributed by atoms with van der Waals surface area (Å²) >= 11 is 18.6. The van der Waals surface area contributed by atoms with Gasteiger partial charge in [-0.2, -0.15) is 0 Å². The van der Waals surface area contributed by atoms with Crippen LogP contribution in [0.25, 0.3) is 11.1 Å². The fourth-order valence-corrected chi connectivity index (χ4v) is 4.61. The second-order valence-corrected chi connectivity index (χ2v) is 9.65. The van der Waals surface area contributed by atoms with Crippen LogP contribution >= 0.6 is 46.8 Å². The highest BCUT2D eigenvalue weighted by atomic mass is 35.5. The van der Waals surface area contributed by atoms with E-state index in [0.717, 1.165) is 11.1 Å². The first kappa shape index (κ1) is 23.2. The zero-order chi connectivity index (χ0) is 23.4. The van der Waals surface area contributed by atoms with Gasteiger partial charge < -0.3 is 10.1 Å². The molecule has 1 heterocycles. The smallest absolute Gasteiger partial charge is 0.208 e. The van der Waals surface area contributed by atoms with E-state index in [1.807, 2.05) is 48.5 Å². The van der Waals surface area contributed by atoms with Gasteiger partial charge in [0.25, 0.3) is 0 Å². The number of carbonyl (C=O) groups is 1. The van der Waals surface area contributed by atoms with E-state index in [1.54, 1.807) is 42.5 Å². The molecule has 3 aromatic carbocycles. The summed E-state index contributed by atoms with van der Waals surface area (Å²) in [5.74, 6) is -0.189. The number of halogens is 2. The Bertz CT molecular complexity index is 1400. The highest BCUT2D eigenvalue weighted by Crippen LogP contribution is 2.36. The van der Waals surface area contributed by atoms with Gasteiger partial charge in [-0.1, -0.05) is 65.7 Å². The maximum absolute atomic E-state index is 13.1. The van der Waals surface area contributed by atoms with Crippen LogP contribution in [-0.4, -0.2) is 15.9 Å². The molecule has 2 N–H and O–H groups in total. The molecule has 4 aromatic rings. The van der Waals surface area contributed by atoms with Gasteiger partial charge in [-0.25, -0.2) is 0 Å². The van der Waals surface area contributed by atoms with Crippen LogP contribution in [0.3, 0.4) is 0 Å². The molecule has 0 spiro atoms. The number of aromatic amines is 1. The molecule has 0 radical (unpaired) electrons. The normalized spacial score (nSPS) is 12.1. The maximum Gasteiger partial charge on any atom is 0.208 e. The lowest BCUT2D eigenvalue weighted by atomic mass is 9.96. The van der Waals surface area contributed by atoms with Crippen LogP contribution in [0.5, 0.6) is 5.88 Å². The SMILES string of the molecule is O=C(C=C(C=C(c1ccc(Cl)cc1)c1sc(=S)[nH]c1O)c1ccccc1)c1ccc(Cl)cc1. The Balaban J connectivity index is 1.91. The van der Waals surface area contributed by atoms with Gasteiger partial charge in [0.15, 0.2) is 9.74 Å². The van der Waals surface area contributed by atoms with Crippen LogP contribution in [0.4, 0.5) is 0 Å². The molecular formula is C26H17Cl2NO2S2. The lowest BCUT2D eigenvalue weighted by Gasteiger charge is -2.10. The number of ketones is 1. The summed E-state index contributed by atoms with van der Waals surface area (Å²) in [6.07, 6.45) is 3.46. The van der Waals surface area contributed by atoms with E-state index in [4.69, 9.17) is 35.4 Å². The third kappa shape index (κ3) is 5.70. The Hall–Kier alpha value is -2.96. The monoisotopic (exact) mass is 509 g/mol. The highest BCUT2D eigenvalue weighted by Gasteiger charge is 2.15. The van der Waals surface area contributed by atoms with Crippen molar-refractivity contribution in [1.82, 2.24) is 4.98 Å². The van der Waals surface area contributed by atoms with Gasteiger partial charge in [-0.15, -0.1) is 11.3 Å². The van der Waals surface area contributed by atoms with Crippen molar-refractivity contribution in [3.63, 3.8) is 0 Å². The van der Waals surface area contributed by atoms with Crippen molar-refractivity contribution in [3.8, 4) is 5.88 Å². The maximum atomic E-state index is 13.1. The van der Waals surface area contributed by atoms with E-state index in [-0.39, 0.29) is 11.7 Å². The van der Waals surface area contributed by atoms with E-state index in [2.05, 4.69) is 4.98 Å². The zero-order valence-electron chi connectivity index (χ0n) is 17.1. The average molecular weight is 510 g/mol. The number of aromatic nitrogens is 1. The van der Waals surface area contributed by atoms with Gasteiger partial charge in [0, 0.05) is 21.2 Å². The summed E-state index contributed by atoms with van der Waals surface area (Å²) in [5.41, 5.74) is 3.58. The van der Waals surface area contributed by atoms with Gasteiger partial charge in [0.05, 0.1) is 4.88 Å². The number of carbonyl (C=O) groups excluding carboxylic acids is 1. The number of nitrogens with one attached hydrogen (secondary N) is 1. The molecule has 0 atom stereocenters. The van der Waals surface area contributed by atoms with Gasteiger partial charge in [0.1, 0.15) is 0 Å². The first-order chi connectivity index (χ1) is 15.9. The van der Waals surface area contributed by atoms with Crippen LogP contribution in [0.2, 0.25) is 10.0 Å². The van der Waals surface area contributed by atoms with Crippen LogP contribution in [-0.2, 0) is 0 Å². The number of hydrogen-bond acceptors (Lipinski definition) is 4. The minimum absolute atomic E-state index is 0.0253. The molecule has 7 heteroatoms. The van der Waals surface area contributed by atoms with E-state index in [0.29, 0.717) is 35.6 Å². The third-order valence-electron chi connectivity index (χ3n) is 4.85. The van der Waals surface area contributed by atoms with Crippen LogP contribution in [0.1, 0.15) is 26.4 Å². The Morgan fingerprint density at radius 2 is 1.39 bits per heavy atom. The minimum Gasteiger partial charge on any atom is -0.494 e. The first-order valence-electron chi connectivity index (χ1n) is 9.88. The Morgan fingerprint density at radius 3 is 1.94 bits per heavy atom. The van der Waals surface area contributed by atoms with Crippen LogP contribution in [0, 0.1) is 3.95 Å². The van der Waals surface area contributed by atoms with Crippen molar-refractivity contribution >= 4 is 63.7 Å². The topological polar surface area (TPSA) is 53.1 Å². The van der Waals surface area contributed by atoms with Gasteiger partial charge in [-0.3, -0.25) is 4.79 Å². The lowest BCUT2D eigenvalue weighted by molar-refractivity contribution is 0.104. The van der Waals surface area contributed by atoms with Gasteiger partial charge in [0.2, 0.25) is 5.88 Å². The van der Waals surface area contributed by atoms with E-state index in [1.165, 1.54) is 11.3 Å². The molecule has 0 amide bonds. The second-order valence-electron chi connectivity index (χ2n) is 7.09. The quantitative estimate of drug-likeness (QED) is 0.119. The number of allylic oxidation sites excluding steroid dienone is 3. The number of rotatable bonds is 6. The number of hydrogen-bond donors (Lipinski definition) is 2. The Labute approximate surface area is 210 Å². The van der Waals surface area contributed by atoms with Crippen molar-refractivity contribution in [2.24, 2.45) is 0 Å². The summed E-state index contributed by atoms with van der Waals surface area (Å²) in [5, 5.41) is 11.7. The standard InChI is InChI=1S/C26H17Cl2NO2S2/c27-20-10-6-17(7-11-20)22(24-25(31)29-26(32)33-24)14-19(16-4-2-1-3-5-16)15-23(30)18-8-12-21(28)13-9-18/h1-15,31H,(H,29,32). The molecule has 164 valence electrons. The summed E-state index contributed by atoms with van der Waals surface area (Å²) in [4.78, 5) is 16.4. The molecule has 3 nitrogen and oxygen atoms in total. The summed E-state index contributed by atoms with van der Waals surface area (Å²) in [6, 6.07) is 23.6. The van der Waals surface area contributed by atoms with Crippen molar-refractivity contribution in [3.05, 3.63) is 127 Å². The summed E-state index contributed by atoms with van der Waals surface area (Å²) in [6.45, 7) is 0. The first-order valence-corrected chi connectivity index (χ1v) is 11.9. The molecule has 0 unspecified atom stereocenters. The molecule has 0 bridgehead atoms. The predicted molar refractivity (Wildman–Crippen MR) is 140 cm³/mol. The van der Waals surface area contributed by atoms with Gasteiger partial charge >= 0.3 is 0 Å². The minimum atomic E-state index is -0.164. The zero-order valence-corrected chi connectivity index (χ0v) is 20.2. The fourth-order valence-electron chi connectivity index (χ4n) is 3.25. The van der Waals surface area contributed by atoms with Crippen molar-refractivity contribution in [1.29, 1.82) is 0 Å². The molecule has 0 saturated carbocycles. The molecule has 0 saturated heterocycles. The second kappa shape index (κ2) is 10.3. The molecule has 0 aliphatic heterocycles. The van der Waals surface area contributed by atoms with Crippen molar-refractivity contribution < 1.29 is 9.90 Å². The molecule has 0 aliphatic rings. The Kier molecular flexibility index (Phi) is 7.26. The number of thiazole rings is 1. The molecule has 0 fully saturated rings. The average Bonchev–Trinajstić information content (AvgIpc) is 3.15. The lowest BCUT2D eigenvalue weighted by Crippen LogP contribution is -1.97. The van der Waals surface area contributed by atoms with Gasteiger partial charge in [-0.05, 0) is 77.5 Å². The van der Waals surface area contributed by atoms with Crippen LogP contribution in [0.15, 0.2) is 91.0 Å². The Morgan fingerprint density at radius 1 is 0.818 bits per heavy atom. The van der Waals surface area contributed by atoms with E-state index in [9.17, 15) is 9.90 Å². The number of aromatic hydroxyl groups is 1. The number of H-pyrrole nitrogens is 1. The van der Waals surface area contributed by atoms with Crippen molar-refractivity contribution in [2.45, 2.75) is 0 Å². The summed E-state index contributed by atoms with van der Waals surface area (Å²) in [7, 11) is 0. The molecule has 1 aromatic heterocycles. The largest absolute Gasteiger partial charge is 0.494 e. The number of benzene rings is 3. The predicted octanol–water partition coefficient (Wildman–Crippen LogP) is 8.22. The van der Waals surface area contributed by atoms with Crippen molar-refractivity contribution in [2.75, 3.05) is 0 Å². The third-order valence-corrected chi connectivity index (χ3v) is 6.61. The highest BCUT2D eigenvalue weighted by molar-refractivity contribution is 7.73.